The highest BCUT2D eigenvalue weighted by Crippen LogP contribution is 2.31. The smallest absolute Gasteiger partial charge is 0.161 e. The molecule has 0 radical (unpaired) electrons. The number of hydrogen-bond acceptors (Lipinski definition) is 2. The summed E-state index contributed by atoms with van der Waals surface area (Å²) < 4.78 is 5.71. The van der Waals surface area contributed by atoms with Gasteiger partial charge in [-0.1, -0.05) is 19.8 Å². The number of Topliss-reactive ketones (excluding diaryl/α,β-unsaturated/α-hetero) is 1. The fraction of sp³-hybridized carbons (Fsp3) is 0.917. The van der Waals surface area contributed by atoms with Gasteiger partial charge >= 0.3 is 0 Å². The normalized spacial score (nSPS) is 32.9. The Kier molecular flexibility index (Phi) is 3.22. The van der Waals surface area contributed by atoms with Crippen molar-refractivity contribution in [3.8, 4) is 0 Å². The molecular weight excluding hydrogens is 176 g/mol. The van der Waals surface area contributed by atoms with E-state index < -0.39 is 0 Å². The van der Waals surface area contributed by atoms with E-state index in [-0.39, 0.29) is 0 Å². The van der Waals surface area contributed by atoms with Crippen LogP contribution in [0.2, 0.25) is 0 Å². The molecule has 2 aliphatic carbocycles. The number of ketones is 1. The van der Waals surface area contributed by atoms with Crippen LogP contribution in [0.3, 0.4) is 0 Å². The van der Waals surface area contributed by atoms with Crippen molar-refractivity contribution in [1.29, 1.82) is 0 Å². The zero-order valence-corrected chi connectivity index (χ0v) is 9.00. The third-order valence-electron chi connectivity index (χ3n) is 3.51. The van der Waals surface area contributed by atoms with Crippen LogP contribution >= 0.6 is 0 Å². The second-order valence-corrected chi connectivity index (χ2v) is 4.85. The summed E-state index contributed by atoms with van der Waals surface area (Å²) in [6, 6.07) is 0. The maximum atomic E-state index is 11.4. The van der Waals surface area contributed by atoms with E-state index in [1.54, 1.807) is 0 Å². The number of carbonyl (C=O) groups is 1. The summed E-state index contributed by atoms with van der Waals surface area (Å²) >= 11 is 0. The van der Waals surface area contributed by atoms with Crippen LogP contribution in [0.25, 0.3) is 0 Å². The van der Waals surface area contributed by atoms with Gasteiger partial charge in [0.15, 0.2) is 5.78 Å². The molecule has 2 fully saturated rings. The summed E-state index contributed by atoms with van der Waals surface area (Å²) in [6.07, 6.45) is 7.57. The highest BCUT2D eigenvalue weighted by atomic mass is 16.5. The quantitative estimate of drug-likeness (QED) is 0.690. The molecule has 0 aromatic rings. The molecule has 2 unspecified atom stereocenters. The van der Waals surface area contributed by atoms with Gasteiger partial charge in [0.05, 0.1) is 6.10 Å². The first-order chi connectivity index (χ1) is 6.77. The van der Waals surface area contributed by atoms with Gasteiger partial charge in [-0.25, -0.2) is 0 Å². The van der Waals surface area contributed by atoms with Crippen molar-refractivity contribution in [2.24, 2.45) is 11.8 Å². The fourth-order valence-corrected chi connectivity index (χ4v) is 2.24. The lowest BCUT2D eigenvalue weighted by molar-refractivity contribution is -0.128. The standard InChI is InChI=1S/C12H20O2/c1-9-4-2-3-5-12(9)14-8-11(13)10-6-7-10/h9-10,12H,2-8H2,1H3. The van der Waals surface area contributed by atoms with E-state index in [2.05, 4.69) is 6.92 Å². The average Bonchev–Trinajstić information content (AvgIpc) is 2.99. The van der Waals surface area contributed by atoms with Crippen LogP contribution in [0.4, 0.5) is 0 Å². The largest absolute Gasteiger partial charge is 0.370 e. The van der Waals surface area contributed by atoms with E-state index in [0.29, 0.717) is 30.3 Å². The van der Waals surface area contributed by atoms with Crippen molar-refractivity contribution in [1.82, 2.24) is 0 Å². The third-order valence-corrected chi connectivity index (χ3v) is 3.51. The summed E-state index contributed by atoms with van der Waals surface area (Å²) in [5.41, 5.74) is 0. The van der Waals surface area contributed by atoms with E-state index in [9.17, 15) is 4.79 Å². The van der Waals surface area contributed by atoms with Crippen LogP contribution in [0.5, 0.6) is 0 Å². The van der Waals surface area contributed by atoms with Crippen molar-refractivity contribution in [3.05, 3.63) is 0 Å². The molecule has 0 amide bonds. The molecule has 2 rings (SSSR count). The summed E-state index contributed by atoms with van der Waals surface area (Å²) in [4.78, 5) is 11.4. The molecule has 0 heterocycles. The molecule has 2 aliphatic rings. The van der Waals surface area contributed by atoms with Gasteiger partial charge in [0, 0.05) is 5.92 Å². The Bertz CT molecular complexity index is 208. The monoisotopic (exact) mass is 196 g/mol. The summed E-state index contributed by atoms with van der Waals surface area (Å²) in [5.74, 6) is 1.34. The molecule has 80 valence electrons. The maximum Gasteiger partial charge on any atom is 0.161 e. The predicted molar refractivity (Wildman–Crippen MR) is 55.1 cm³/mol. The average molecular weight is 196 g/mol. The fourth-order valence-electron chi connectivity index (χ4n) is 2.24. The van der Waals surface area contributed by atoms with Gasteiger partial charge in [0.1, 0.15) is 6.61 Å². The molecule has 2 atom stereocenters. The van der Waals surface area contributed by atoms with E-state index >= 15 is 0 Å². The first kappa shape index (κ1) is 10.2. The van der Waals surface area contributed by atoms with Gasteiger partial charge in [-0.05, 0) is 31.6 Å². The Labute approximate surface area is 86.0 Å². The molecule has 0 saturated heterocycles. The summed E-state index contributed by atoms with van der Waals surface area (Å²) in [7, 11) is 0. The van der Waals surface area contributed by atoms with Crippen molar-refractivity contribution >= 4 is 5.78 Å². The van der Waals surface area contributed by atoms with Gasteiger partial charge in [0.2, 0.25) is 0 Å². The second kappa shape index (κ2) is 4.43. The second-order valence-electron chi connectivity index (χ2n) is 4.85. The Morgan fingerprint density at radius 1 is 1.21 bits per heavy atom. The number of hydrogen-bond donors (Lipinski definition) is 0. The number of rotatable bonds is 4. The van der Waals surface area contributed by atoms with Crippen LogP contribution in [-0.2, 0) is 9.53 Å². The number of ether oxygens (including phenoxy) is 1. The zero-order chi connectivity index (χ0) is 9.97. The molecule has 2 heteroatoms. The van der Waals surface area contributed by atoms with Crippen LogP contribution in [0.1, 0.15) is 45.4 Å². The zero-order valence-electron chi connectivity index (χ0n) is 9.00. The number of carbonyl (C=O) groups excluding carboxylic acids is 1. The highest BCUT2D eigenvalue weighted by Gasteiger charge is 2.30. The highest BCUT2D eigenvalue weighted by molar-refractivity contribution is 5.84. The molecule has 2 saturated carbocycles. The van der Waals surface area contributed by atoms with E-state index in [4.69, 9.17) is 4.74 Å². The molecule has 0 aromatic heterocycles. The minimum Gasteiger partial charge on any atom is -0.370 e. The van der Waals surface area contributed by atoms with E-state index in [1.165, 1.54) is 19.3 Å². The molecular formula is C12H20O2. The van der Waals surface area contributed by atoms with Crippen molar-refractivity contribution in [2.45, 2.75) is 51.6 Å². The van der Waals surface area contributed by atoms with Crippen molar-refractivity contribution in [3.63, 3.8) is 0 Å². The summed E-state index contributed by atoms with van der Waals surface area (Å²) in [5, 5.41) is 0. The molecule has 0 aliphatic heterocycles. The topological polar surface area (TPSA) is 26.3 Å². The third kappa shape index (κ3) is 2.57. The van der Waals surface area contributed by atoms with Crippen molar-refractivity contribution < 1.29 is 9.53 Å². The molecule has 0 bridgehead atoms. The van der Waals surface area contributed by atoms with Gasteiger partial charge < -0.3 is 4.74 Å². The van der Waals surface area contributed by atoms with Gasteiger partial charge in [-0.2, -0.15) is 0 Å². The van der Waals surface area contributed by atoms with Crippen LogP contribution in [0.15, 0.2) is 0 Å². The molecule has 0 N–H and O–H groups in total. The van der Waals surface area contributed by atoms with E-state index in [0.717, 1.165) is 19.3 Å². The first-order valence-electron chi connectivity index (χ1n) is 5.91. The Hall–Kier alpha value is -0.370. The van der Waals surface area contributed by atoms with Crippen LogP contribution in [0, 0.1) is 11.8 Å². The van der Waals surface area contributed by atoms with Gasteiger partial charge in [-0.15, -0.1) is 0 Å². The molecule has 0 spiro atoms. The predicted octanol–water partition coefficient (Wildman–Crippen LogP) is 2.56. The lowest BCUT2D eigenvalue weighted by Crippen LogP contribution is -2.28. The van der Waals surface area contributed by atoms with Gasteiger partial charge in [-0.3, -0.25) is 4.79 Å². The van der Waals surface area contributed by atoms with Gasteiger partial charge in [0.25, 0.3) is 0 Å². The minimum absolute atomic E-state index is 0.336. The molecule has 0 aromatic carbocycles. The molecule has 14 heavy (non-hydrogen) atoms. The summed E-state index contributed by atoms with van der Waals surface area (Å²) in [6.45, 7) is 2.62. The molecule has 2 nitrogen and oxygen atoms in total. The Balaban J connectivity index is 1.70. The first-order valence-corrected chi connectivity index (χ1v) is 5.91. The Morgan fingerprint density at radius 2 is 1.93 bits per heavy atom. The van der Waals surface area contributed by atoms with Crippen molar-refractivity contribution in [2.75, 3.05) is 6.61 Å². The lowest BCUT2D eigenvalue weighted by Gasteiger charge is -2.28. The van der Waals surface area contributed by atoms with E-state index in [1.807, 2.05) is 0 Å². The van der Waals surface area contributed by atoms with Crippen LogP contribution in [-0.4, -0.2) is 18.5 Å². The minimum atomic E-state index is 0.336. The maximum absolute atomic E-state index is 11.4. The van der Waals surface area contributed by atoms with Crippen LogP contribution < -0.4 is 0 Å². The SMILES string of the molecule is CC1CCCCC1OCC(=O)C1CC1. The lowest BCUT2D eigenvalue weighted by atomic mass is 9.88. The Morgan fingerprint density at radius 3 is 2.57 bits per heavy atom.